The number of carbonyl (C=O) groups excluding carboxylic acids is 1. The van der Waals surface area contributed by atoms with Crippen LogP contribution in [-0.4, -0.2) is 64.0 Å². The van der Waals surface area contributed by atoms with Gasteiger partial charge in [0.15, 0.2) is 6.61 Å². The van der Waals surface area contributed by atoms with Crippen LogP contribution in [0.1, 0.15) is 27.8 Å². The molecule has 6 heteroatoms. The zero-order chi connectivity index (χ0) is 27.5. The lowest BCUT2D eigenvalue weighted by molar-refractivity contribution is -0.142. The molecule has 1 fully saturated rings. The molecule has 3 aromatic rings. The van der Waals surface area contributed by atoms with Gasteiger partial charge >= 0.3 is 5.97 Å². The second-order valence-electron chi connectivity index (χ2n) is 9.35. The van der Waals surface area contributed by atoms with Crippen molar-refractivity contribution in [2.24, 2.45) is 0 Å². The van der Waals surface area contributed by atoms with Gasteiger partial charge in [-0.25, -0.2) is 4.79 Å². The van der Waals surface area contributed by atoms with Gasteiger partial charge in [-0.1, -0.05) is 53.8 Å². The summed E-state index contributed by atoms with van der Waals surface area (Å²) in [5, 5.41) is 0. The van der Waals surface area contributed by atoms with Gasteiger partial charge in [0.2, 0.25) is 0 Å². The first-order valence-electron chi connectivity index (χ1n) is 13.1. The molecular formula is C33H35NO5. The summed E-state index contributed by atoms with van der Waals surface area (Å²) in [5.41, 5.74) is 6.41. The second kappa shape index (κ2) is 14.2. The molecule has 0 radical (unpaired) electrons. The highest BCUT2D eigenvalue weighted by atomic mass is 16.6. The first-order valence-corrected chi connectivity index (χ1v) is 13.1. The largest absolute Gasteiger partial charge is 0.489 e. The summed E-state index contributed by atoms with van der Waals surface area (Å²) in [5.74, 6) is 7.50. The van der Waals surface area contributed by atoms with Crippen LogP contribution in [0.4, 0.5) is 0 Å². The van der Waals surface area contributed by atoms with Crippen molar-refractivity contribution in [2.75, 3.05) is 53.2 Å². The predicted octanol–water partition coefficient (Wildman–Crippen LogP) is 5.05. The molecule has 0 N–H and O–H groups in total. The number of nitrogens with zero attached hydrogens (tertiary/aromatic N) is 1. The molecule has 6 nitrogen and oxygen atoms in total. The fourth-order valence-electron chi connectivity index (χ4n) is 4.17. The van der Waals surface area contributed by atoms with E-state index in [9.17, 15) is 4.79 Å². The number of rotatable bonds is 9. The summed E-state index contributed by atoms with van der Waals surface area (Å²) < 4.78 is 21.6. The van der Waals surface area contributed by atoms with Gasteiger partial charge in [0.1, 0.15) is 18.1 Å². The molecule has 0 spiro atoms. The van der Waals surface area contributed by atoms with Gasteiger partial charge in [-0.3, -0.25) is 4.90 Å². The number of esters is 1. The Morgan fingerprint density at radius 2 is 1.64 bits per heavy atom. The van der Waals surface area contributed by atoms with E-state index in [1.54, 1.807) is 6.07 Å². The topological polar surface area (TPSA) is 57.2 Å². The van der Waals surface area contributed by atoms with Gasteiger partial charge in [-0.15, -0.1) is 0 Å². The van der Waals surface area contributed by atoms with Crippen LogP contribution in [0.15, 0.2) is 72.8 Å². The zero-order valence-electron chi connectivity index (χ0n) is 22.9. The van der Waals surface area contributed by atoms with E-state index in [4.69, 9.17) is 14.2 Å². The average molecular weight is 526 g/mol. The molecule has 1 heterocycles. The van der Waals surface area contributed by atoms with Crippen molar-refractivity contribution in [3.63, 3.8) is 0 Å². The van der Waals surface area contributed by atoms with Crippen LogP contribution in [0.2, 0.25) is 0 Å². The lowest BCUT2D eigenvalue weighted by Gasteiger charge is -2.24. The van der Waals surface area contributed by atoms with Crippen molar-refractivity contribution in [3.8, 4) is 23.3 Å². The van der Waals surface area contributed by atoms with Crippen molar-refractivity contribution in [1.82, 2.24) is 4.90 Å². The minimum atomic E-state index is -0.420. The molecule has 0 unspecified atom stereocenters. The molecule has 0 atom stereocenters. The number of hydrogen-bond donors (Lipinski definition) is 0. The minimum Gasteiger partial charge on any atom is -0.489 e. The Hall–Kier alpha value is -4.05. The molecule has 202 valence electrons. The summed E-state index contributed by atoms with van der Waals surface area (Å²) in [7, 11) is 1.34. The van der Waals surface area contributed by atoms with Gasteiger partial charge < -0.3 is 18.9 Å². The van der Waals surface area contributed by atoms with Crippen molar-refractivity contribution >= 4 is 11.5 Å². The average Bonchev–Trinajstić information content (AvgIpc) is 2.96. The Balaban J connectivity index is 1.45. The van der Waals surface area contributed by atoms with Crippen molar-refractivity contribution in [1.29, 1.82) is 0 Å². The summed E-state index contributed by atoms with van der Waals surface area (Å²) in [4.78, 5) is 13.7. The van der Waals surface area contributed by atoms with Crippen LogP contribution < -0.4 is 9.47 Å². The maximum atomic E-state index is 11.4. The van der Waals surface area contributed by atoms with Crippen molar-refractivity contribution in [2.45, 2.75) is 13.8 Å². The molecule has 1 aliphatic heterocycles. The van der Waals surface area contributed by atoms with Gasteiger partial charge in [0.25, 0.3) is 0 Å². The fraction of sp³-hybridized carbons (Fsp3) is 0.303. The summed E-state index contributed by atoms with van der Waals surface area (Å²) in [6.45, 7) is 8.47. The predicted molar refractivity (Wildman–Crippen MR) is 153 cm³/mol. The van der Waals surface area contributed by atoms with Crippen LogP contribution in [-0.2, 0) is 14.3 Å². The SMILES string of the molecule is COC(=O)COc1ccc(OC/C=C(/c2ccc(C)cc2)c2ccc(C#CCN3CCOCC3)cc2)cc1C. The zero-order valence-corrected chi connectivity index (χ0v) is 22.9. The molecule has 3 aromatic carbocycles. The number of carbonyl (C=O) groups is 1. The Morgan fingerprint density at radius 3 is 2.31 bits per heavy atom. The quantitative estimate of drug-likeness (QED) is 0.288. The monoisotopic (exact) mass is 525 g/mol. The minimum absolute atomic E-state index is 0.127. The first-order chi connectivity index (χ1) is 19.0. The normalized spacial score (nSPS) is 13.8. The third kappa shape index (κ3) is 8.47. The molecule has 0 aromatic heterocycles. The smallest absolute Gasteiger partial charge is 0.343 e. The van der Waals surface area contributed by atoms with E-state index in [0.717, 1.165) is 66.4 Å². The maximum Gasteiger partial charge on any atom is 0.343 e. The van der Waals surface area contributed by atoms with Gasteiger partial charge in [-0.2, -0.15) is 0 Å². The molecule has 4 rings (SSSR count). The third-order valence-electron chi connectivity index (χ3n) is 6.45. The Bertz CT molecular complexity index is 1330. The standard InChI is InChI=1S/C33H35NO5/c1-25-6-10-28(11-7-25)31(16-20-38-30-14-15-32(26(2)23-30)39-24-33(35)36-3)29-12-8-27(9-13-29)5-4-17-34-18-21-37-22-19-34/h6-16,23H,17-22,24H2,1-3H3/b31-16-. The maximum absolute atomic E-state index is 11.4. The van der Waals surface area contributed by atoms with Crippen LogP contribution in [0.25, 0.3) is 5.57 Å². The van der Waals surface area contributed by atoms with E-state index in [1.165, 1.54) is 12.7 Å². The van der Waals surface area contributed by atoms with E-state index >= 15 is 0 Å². The fourth-order valence-corrected chi connectivity index (χ4v) is 4.17. The van der Waals surface area contributed by atoms with Crippen LogP contribution in [0, 0.1) is 25.7 Å². The van der Waals surface area contributed by atoms with Gasteiger partial charge in [0, 0.05) is 18.7 Å². The molecular weight excluding hydrogens is 490 g/mol. The first kappa shape index (κ1) is 28.0. The molecule has 0 aliphatic carbocycles. The number of methoxy groups -OCH3 is 1. The number of ether oxygens (including phenoxy) is 4. The molecule has 39 heavy (non-hydrogen) atoms. The summed E-state index contributed by atoms with van der Waals surface area (Å²) in [6, 6.07) is 22.4. The van der Waals surface area contributed by atoms with E-state index in [0.29, 0.717) is 12.4 Å². The number of morpholine rings is 1. The van der Waals surface area contributed by atoms with Crippen LogP contribution >= 0.6 is 0 Å². The Kier molecular flexibility index (Phi) is 10.2. The summed E-state index contributed by atoms with van der Waals surface area (Å²) in [6.07, 6.45) is 2.10. The van der Waals surface area contributed by atoms with Crippen LogP contribution in [0.5, 0.6) is 11.5 Å². The van der Waals surface area contributed by atoms with Gasteiger partial charge in [-0.05, 0) is 72.5 Å². The van der Waals surface area contributed by atoms with E-state index < -0.39 is 5.97 Å². The highest BCUT2D eigenvalue weighted by Crippen LogP contribution is 2.26. The van der Waals surface area contributed by atoms with Gasteiger partial charge in [0.05, 0.1) is 26.9 Å². The molecule has 1 saturated heterocycles. The van der Waals surface area contributed by atoms with Crippen molar-refractivity contribution < 1.29 is 23.7 Å². The van der Waals surface area contributed by atoms with E-state index in [2.05, 4.69) is 83.0 Å². The number of aryl methyl sites for hydroxylation is 2. The van der Waals surface area contributed by atoms with E-state index in [1.807, 2.05) is 19.1 Å². The highest BCUT2D eigenvalue weighted by Gasteiger charge is 2.09. The van der Waals surface area contributed by atoms with Crippen molar-refractivity contribution in [3.05, 3.63) is 101 Å². The molecule has 0 amide bonds. The Morgan fingerprint density at radius 1 is 0.949 bits per heavy atom. The highest BCUT2D eigenvalue weighted by molar-refractivity contribution is 5.80. The van der Waals surface area contributed by atoms with E-state index in [-0.39, 0.29) is 6.61 Å². The summed E-state index contributed by atoms with van der Waals surface area (Å²) >= 11 is 0. The van der Waals surface area contributed by atoms with Crippen LogP contribution in [0.3, 0.4) is 0 Å². The molecule has 0 bridgehead atoms. The third-order valence-corrected chi connectivity index (χ3v) is 6.45. The number of benzene rings is 3. The second-order valence-corrected chi connectivity index (χ2v) is 9.35. The lowest BCUT2D eigenvalue weighted by atomic mass is 9.96. The molecule has 1 aliphatic rings. The Labute approximate surface area is 231 Å². The number of hydrogen-bond acceptors (Lipinski definition) is 6. The molecule has 0 saturated carbocycles. The lowest BCUT2D eigenvalue weighted by Crippen LogP contribution is -2.36.